The number of ether oxygens (including phenoxy) is 2. The number of para-hydroxylation sites is 2. The Hall–Kier alpha value is -4.55. The number of rotatable bonds is 8. The summed E-state index contributed by atoms with van der Waals surface area (Å²) in [6.45, 7) is 2.23. The Morgan fingerprint density at radius 3 is 2.54 bits per heavy atom. The van der Waals surface area contributed by atoms with Crippen molar-refractivity contribution in [2.24, 2.45) is 0 Å². The van der Waals surface area contributed by atoms with Crippen LogP contribution in [0.2, 0.25) is 0 Å². The van der Waals surface area contributed by atoms with Gasteiger partial charge in [0.15, 0.2) is 11.5 Å². The summed E-state index contributed by atoms with van der Waals surface area (Å²) >= 11 is 5.81. The molecule has 1 amide bonds. The molecule has 0 aliphatic rings. The molecule has 1 heterocycles. The molecule has 0 spiro atoms. The van der Waals surface area contributed by atoms with Gasteiger partial charge in [0, 0.05) is 30.8 Å². The van der Waals surface area contributed by atoms with Crippen LogP contribution >= 0.6 is 11.6 Å². The van der Waals surface area contributed by atoms with Crippen molar-refractivity contribution in [3.63, 3.8) is 0 Å². The van der Waals surface area contributed by atoms with Gasteiger partial charge in [-0.3, -0.25) is 19.1 Å². The molecule has 4 rings (SSSR count). The number of aryl methyl sites for hydroxylation is 1. The summed E-state index contributed by atoms with van der Waals surface area (Å²) in [7, 11) is 1.63. The molecule has 10 heteroatoms. The first-order valence-electron chi connectivity index (χ1n) is 11.3. The lowest BCUT2D eigenvalue weighted by Crippen LogP contribution is -2.30. The number of nitrogens with one attached hydrogen (secondary N) is 1. The molecule has 3 aromatic carbocycles. The van der Waals surface area contributed by atoms with E-state index in [-0.39, 0.29) is 24.9 Å². The van der Waals surface area contributed by atoms with E-state index in [9.17, 15) is 19.6 Å². The fourth-order valence-electron chi connectivity index (χ4n) is 3.84. The molecule has 1 aromatic heterocycles. The maximum absolute atomic E-state index is 12.4. The molecule has 4 aromatic rings. The second-order valence-corrected chi connectivity index (χ2v) is 8.45. The van der Waals surface area contributed by atoms with E-state index in [1.165, 1.54) is 21.7 Å². The number of amides is 1. The number of anilines is 1. The van der Waals surface area contributed by atoms with Gasteiger partial charge in [-0.1, -0.05) is 18.2 Å². The average Bonchev–Trinajstić information content (AvgIpc) is 2.91. The van der Waals surface area contributed by atoms with Gasteiger partial charge in [0.05, 0.1) is 23.9 Å². The molecular formula is C27H23ClN4O5. The lowest BCUT2D eigenvalue weighted by Gasteiger charge is -2.22. The minimum Gasteiger partial charge on any atom is -0.488 e. The van der Waals surface area contributed by atoms with Gasteiger partial charge < -0.3 is 14.4 Å². The van der Waals surface area contributed by atoms with Crippen molar-refractivity contribution in [2.75, 3.05) is 24.4 Å². The second-order valence-electron chi connectivity index (χ2n) is 8.18. The molecule has 0 saturated heterocycles. The molecule has 188 valence electrons. The number of carbonyl (C=O) groups is 1. The van der Waals surface area contributed by atoms with Gasteiger partial charge in [-0.25, -0.2) is 4.79 Å². The number of aromatic amines is 1. The zero-order chi connectivity index (χ0) is 26.5. The van der Waals surface area contributed by atoms with Crippen LogP contribution in [0.5, 0.6) is 17.2 Å². The van der Waals surface area contributed by atoms with Crippen LogP contribution in [-0.2, 0) is 11.3 Å². The van der Waals surface area contributed by atoms with Gasteiger partial charge >= 0.3 is 5.69 Å². The number of nitriles is 1. The van der Waals surface area contributed by atoms with Gasteiger partial charge in [0.1, 0.15) is 18.2 Å². The third-order valence-corrected chi connectivity index (χ3v) is 6.10. The highest BCUT2D eigenvalue weighted by molar-refractivity contribution is 6.29. The summed E-state index contributed by atoms with van der Waals surface area (Å²) in [5.41, 5.74) is 0.851. The predicted molar refractivity (Wildman–Crippen MR) is 141 cm³/mol. The third kappa shape index (κ3) is 5.50. The number of benzene rings is 3. The quantitative estimate of drug-likeness (QED) is 0.353. The van der Waals surface area contributed by atoms with Crippen molar-refractivity contribution < 1.29 is 14.3 Å². The summed E-state index contributed by atoms with van der Waals surface area (Å²) in [5, 5.41) is 10.9. The van der Waals surface area contributed by atoms with E-state index in [2.05, 4.69) is 11.1 Å². The number of halogens is 1. The molecule has 0 radical (unpaired) electrons. The lowest BCUT2D eigenvalue weighted by molar-refractivity contribution is -0.116. The number of fused-ring (bicyclic) bond motifs is 1. The van der Waals surface area contributed by atoms with Gasteiger partial charge in [-0.2, -0.15) is 5.26 Å². The fourth-order valence-corrected chi connectivity index (χ4v) is 4.02. The first-order chi connectivity index (χ1) is 17.8. The lowest BCUT2D eigenvalue weighted by atomic mass is 9.99. The SMILES string of the molecule is Cc1c(Oc2ccccc2OCCn2ccc(=O)[nH]c2=O)cc(N(C)C(=O)CCl)c2ccc(C#N)cc12. The molecule has 0 aliphatic heterocycles. The number of hydrogen-bond donors (Lipinski definition) is 1. The number of alkyl halides is 1. The second kappa shape index (κ2) is 11.0. The largest absolute Gasteiger partial charge is 0.488 e. The van der Waals surface area contributed by atoms with Gasteiger partial charge in [0.25, 0.3) is 5.56 Å². The van der Waals surface area contributed by atoms with Crippen LogP contribution in [-0.4, -0.2) is 35.0 Å². The Morgan fingerprint density at radius 1 is 1.08 bits per heavy atom. The van der Waals surface area contributed by atoms with Crippen LogP contribution in [0.1, 0.15) is 11.1 Å². The van der Waals surface area contributed by atoms with E-state index >= 15 is 0 Å². The summed E-state index contributed by atoms with van der Waals surface area (Å²) in [4.78, 5) is 39.2. The number of H-pyrrole nitrogens is 1. The molecule has 0 bridgehead atoms. The molecule has 0 aliphatic carbocycles. The fraction of sp³-hybridized carbons (Fsp3) is 0.185. The summed E-state index contributed by atoms with van der Waals surface area (Å²) in [6, 6.07) is 17.5. The van der Waals surface area contributed by atoms with Crippen LogP contribution in [0.25, 0.3) is 10.8 Å². The molecule has 0 atom stereocenters. The summed E-state index contributed by atoms with van der Waals surface area (Å²) in [5.74, 6) is 0.862. The molecule has 9 nitrogen and oxygen atoms in total. The van der Waals surface area contributed by atoms with Crippen molar-refractivity contribution in [1.29, 1.82) is 5.26 Å². The smallest absolute Gasteiger partial charge is 0.328 e. The number of carbonyl (C=O) groups excluding carboxylic acids is 1. The van der Waals surface area contributed by atoms with Crippen molar-refractivity contribution in [3.05, 3.63) is 92.8 Å². The number of nitrogens with zero attached hydrogens (tertiary/aromatic N) is 3. The monoisotopic (exact) mass is 518 g/mol. The van der Waals surface area contributed by atoms with Crippen molar-refractivity contribution in [2.45, 2.75) is 13.5 Å². The van der Waals surface area contributed by atoms with Gasteiger partial charge in [-0.05, 0) is 42.1 Å². The van der Waals surface area contributed by atoms with E-state index < -0.39 is 11.2 Å². The Morgan fingerprint density at radius 2 is 1.84 bits per heavy atom. The standard InChI is InChI=1S/C27H23ClN4O5/c1-17-20-13-18(16-29)7-8-19(20)21(31(2)26(34)15-28)14-24(17)37-23-6-4-3-5-22(23)36-12-11-32-10-9-25(33)30-27(32)35/h3-10,13-14H,11-12,15H2,1-2H3,(H,30,33,35). The maximum atomic E-state index is 12.4. The van der Waals surface area contributed by atoms with Crippen LogP contribution < -0.4 is 25.6 Å². The van der Waals surface area contributed by atoms with Crippen molar-refractivity contribution in [1.82, 2.24) is 9.55 Å². The Balaban J connectivity index is 1.68. The first-order valence-corrected chi connectivity index (χ1v) is 11.8. The zero-order valence-electron chi connectivity index (χ0n) is 20.2. The first kappa shape index (κ1) is 25.5. The van der Waals surface area contributed by atoms with Gasteiger partial charge in [-0.15, -0.1) is 11.6 Å². The average molecular weight is 519 g/mol. The van der Waals surface area contributed by atoms with Crippen molar-refractivity contribution >= 4 is 34.0 Å². The van der Waals surface area contributed by atoms with E-state index in [0.29, 0.717) is 28.5 Å². The van der Waals surface area contributed by atoms with Crippen LogP contribution in [0.3, 0.4) is 0 Å². The minimum absolute atomic E-state index is 0.146. The van der Waals surface area contributed by atoms with Gasteiger partial charge in [0.2, 0.25) is 5.91 Å². The molecule has 37 heavy (non-hydrogen) atoms. The van der Waals surface area contributed by atoms with E-state index in [0.717, 1.165) is 16.3 Å². The summed E-state index contributed by atoms with van der Waals surface area (Å²) in [6.07, 6.45) is 1.40. The Labute approximate surface area is 217 Å². The highest BCUT2D eigenvalue weighted by Gasteiger charge is 2.19. The molecule has 0 unspecified atom stereocenters. The van der Waals surface area contributed by atoms with E-state index in [1.807, 2.05) is 6.92 Å². The topological polar surface area (TPSA) is 117 Å². The maximum Gasteiger partial charge on any atom is 0.328 e. The molecule has 0 saturated carbocycles. The van der Waals surface area contributed by atoms with Crippen molar-refractivity contribution in [3.8, 4) is 23.3 Å². The van der Waals surface area contributed by atoms with E-state index in [4.69, 9.17) is 21.1 Å². The number of aromatic nitrogens is 2. The minimum atomic E-state index is -0.521. The van der Waals surface area contributed by atoms with Crippen LogP contribution in [0.4, 0.5) is 5.69 Å². The van der Waals surface area contributed by atoms with Crippen LogP contribution in [0.15, 0.2) is 70.4 Å². The predicted octanol–water partition coefficient (Wildman–Crippen LogP) is 3.94. The van der Waals surface area contributed by atoms with E-state index in [1.54, 1.807) is 55.6 Å². The molecular weight excluding hydrogens is 496 g/mol. The zero-order valence-corrected chi connectivity index (χ0v) is 20.9. The Kier molecular flexibility index (Phi) is 7.60. The van der Waals surface area contributed by atoms with Crippen LogP contribution in [0, 0.1) is 18.3 Å². The highest BCUT2D eigenvalue weighted by Crippen LogP contribution is 2.40. The Bertz CT molecular complexity index is 1640. The molecule has 1 N–H and O–H groups in total. The highest BCUT2D eigenvalue weighted by atomic mass is 35.5. The number of hydrogen-bond acceptors (Lipinski definition) is 6. The summed E-state index contributed by atoms with van der Waals surface area (Å²) < 4.78 is 13.5. The molecule has 0 fully saturated rings. The normalized spacial score (nSPS) is 10.6. The third-order valence-electron chi connectivity index (χ3n) is 5.87.